The van der Waals surface area contributed by atoms with Crippen molar-refractivity contribution >= 4 is 49.0 Å². The average molecular weight is 362 g/mol. The van der Waals surface area contributed by atoms with Gasteiger partial charge in [-0.3, -0.25) is 0 Å². The molecule has 0 saturated heterocycles. The normalized spacial score (nSPS) is 17.5. The van der Waals surface area contributed by atoms with E-state index in [0.717, 1.165) is 0 Å². The summed E-state index contributed by atoms with van der Waals surface area (Å²) in [5.41, 5.74) is 0.335. The summed E-state index contributed by atoms with van der Waals surface area (Å²) in [6.07, 6.45) is -1.41. The fourth-order valence-corrected chi connectivity index (χ4v) is 3.70. The van der Waals surface area contributed by atoms with E-state index >= 15 is 0 Å². The second-order valence-electron chi connectivity index (χ2n) is 3.42. The van der Waals surface area contributed by atoms with Crippen molar-refractivity contribution in [2.75, 3.05) is 5.75 Å². The molecule has 0 saturated carbocycles. The molecule has 0 aromatic heterocycles. The summed E-state index contributed by atoms with van der Waals surface area (Å²) < 4.78 is 21.6. The molecule has 0 aliphatic heterocycles. The molecule has 96 valence electrons. The third-order valence-electron chi connectivity index (χ3n) is 2.28. The maximum Gasteiger partial charge on any atom is 0.229 e. The molecule has 17 heavy (non-hydrogen) atoms. The van der Waals surface area contributed by atoms with Crippen LogP contribution in [0.25, 0.3) is 0 Å². The van der Waals surface area contributed by atoms with Gasteiger partial charge in [-0.1, -0.05) is 42.3 Å². The van der Waals surface area contributed by atoms with Crippen molar-refractivity contribution in [1.82, 2.24) is 0 Å². The van der Waals surface area contributed by atoms with Crippen molar-refractivity contribution in [2.24, 2.45) is 0 Å². The number of aliphatic hydroxyl groups excluding tert-OH is 1. The van der Waals surface area contributed by atoms with E-state index in [2.05, 4.69) is 15.9 Å². The van der Waals surface area contributed by atoms with Gasteiger partial charge in [-0.25, -0.2) is 8.42 Å². The standard InChI is InChI=1S/C10H11BrCl2O3S/c1-2-17(15,16)10(11,13)9(14)7-4-3-5-8(12)6-7/h3-6,9,14H,2H2,1H3/t9-,10+/m1/s1. The van der Waals surface area contributed by atoms with E-state index in [4.69, 9.17) is 23.2 Å². The maximum absolute atomic E-state index is 11.7. The minimum absolute atomic E-state index is 0.181. The molecule has 0 bridgehead atoms. The van der Waals surface area contributed by atoms with Crippen molar-refractivity contribution in [2.45, 2.75) is 16.1 Å². The van der Waals surface area contributed by atoms with E-state index in [-0.39, 0.29) is 5.75 Å². The van der Waals surface area contributed by atoms with Crippen LogP contribution in [0.5, 0.6) is 0 Å². The van der Waals surface area contributed by atoms with Crippen molar-refractivity contribution < 1.29 is 13.5 Å². The zero-order chi connectivity index (χ0) is 13.3. The summed E-state index contributed by atoms with van der Waals surface area (Å²) in [6.45, 7) is 1.46. The van der Waals surface area contributed by atoms with Crippen molar-refractivity contribution in [1.29, 1.82) is 0 Å². The zero-order valence-electron chi connectivity index (χ0n) is 8.90. The predicted molar refractivity (Wildman–Crippen MR) is 73.4 cm³/mol. The largest absolute Gasteiger partial charge is 0.385 e. The quantitative estimate of drug-likeness (QED) is 0.838. The van der Waals surface area contributed by atoms with E-state index in [9.17, 15) is 13.5 Å². The van der Waals surface area contributed by atoms with Crippen LogP contribution in [0.4, 0.5) is 0 Å². The number of hydrogen-bond donors (Lipinski definition) is 1. The molecule has 2 atom stereocenters. The van der Waals surface area contributed by atoms with Crippen LogP contribution in [0.2, 0.25) is 5.02 Å². The van der Waals surface area contributed by atoms with Gasteiger partial charge < -0.3 is 5.11 Å². The fourth-order valence-electron chi connectivity index (χ4n) is 1.23. The summed E-state index contributed by atoms with van der Waals surface area (Å²) >= 11 is 14.5. The first-order chi connectivity index (χ1) is 7.72. The Kier molecular flexibility index (Phi) is 4.88. The third kappa shape index (κ3) is 3.15. The highest BCUT2D eigenvalue weighted by molar-refractivity contribution is 9.12. The number of rotatable bonds is 4. The number of halogens is 3. The Bertz CT molecular complexity index is 502. The van der Waals surface area contributed by atoms with Crippen LogP contribution in [0, 0.1) is 0 Å². The highest BCUT2D eigenvalue weighted by Crippen LogP contribution is 2.43. The van der Waals surface area contributed by atoms with Crippen LogP contribution in [0.1, 0.15) is 18.6 Å². The smallest absolute Gasteiger partial charge is 0.229 e. The molecule has 0 amide bonds. The highest BCUT2D eigenvalue weighted by Gasteiger charge is 2.45. The zero-order valence-corrected chi connectivity index (χ0v) is 12.8. The summed E-state index contributed by atoms with van der Waals surface area (Å²) in [7, 11) is -3.67. The van der Waals surface area contributed by atoms with Gasteiger partial charge in [0, 0.05) is 5.02 Å². The molecule has 0 fully saturated rings. The van der Waals surface area contributed by atoms with E-state index in [1.54, 1.807) is 18.2 Å². The first kappa shape index (κ1) is 15.2. The van der Waals surface area contributed by atoms with E-state index < -0.39 is 19.1 Å². The van der Waals surface area contributed by atoms with Gasteiger partial charge in [-0.2, -0.15) is 0 Å². The molecule has 0 radical (unpaired) electrons. The van der Waals surface area contributed by atoms with Crippen molar-refractivity contribution in [3.8, 4) is 0 Å². The minimum Gasteiger partial charge on any atom is -0.385 e. The number of hydrogen-bond acceptors (Lipinski definition) is 3. The lowest BCUT2D eigenvalue weighted by molar-refractivity contribution is 0.185. The Hall–Kier alpha value is 0.190. The Morgan fingerprint density at radius 1 is 1.53 bits per heavy atom. The lowest BCUT2D eigenvalue weighted by atomic mass is 10.1. The van der Waals surface area contributed by atoms with Crippen LogP contribution in [0.3, 0.4) is 0 Å². The molecule has 0 unspecified atom stereocenters. The Morgan fingerprint density at radius 3 is 2.59 bits per heavy atom. The average Bonchev–Trinajstić information content (AvgIpc) is 2.27. The molecular formula is C10H11BrCl2O3S. The SMILES string of the molecule is CCS(=O)(=O)[C@](Cl)(Br)[C@H](O)c1cccc(Cl)c1. The first-order valence-corrected chi connectivity index (χ1v) is 7.96. The molecule has 0 spiro atoms. The van der Waals surface area contributed by atoms with Gasteiger partial charge in [0.15, 0.2) is 9.84 Å². The summed E-state index contributed by atoms with van der Waals surface area (Å²) in [4.78, 5) is 0. The molecular weight excluding hydrogens is 351 g/mol. The van der Waals surface area contributed by atoms with E-state index in [0.29, 0.717) is 10.6 Å². The second-order valence-corrected chi connectivity index (χ2v) is 9.36. The van der Waals surface area contributed by atoms with Crippen LogP contribution in [-0.4, -0.2) is 22.4 Å². The Balaban J connectivity index is 3.17. The number of alkyl halides is 2. The fraction of sp³-hybridized carbons (Fsp3) is 0.400. The van der Waals surface area contributed by atoms with Gasteiger partial charge in [0.05, 0.1) is 5.75 Å². The molecule has 1 rings (SSSR count). The number of aliphatic hydroxyl groups is 1. The summed E-state index contributed by atoms with van der Waals surface area (Å²) in [6, 6.07) is 6.26. The summed E-state index contributed by atoms with van der Waals surface area (Å²) in [5.74, 6) is -0.181. The lowest BCUT2D eigenvalue weighted by Gasteiger charge is -2.25. The van der Waals surface area contributed by atoms with Crippen LogP contribution in [-0.2, 0) is 9.84 Å². The van der Waals surface area contributed by atoms with Crippen LogP contribution in [0.15, 0.2) is 24.3 Å². The van der Waals surface area contributed by atoms with Crippen molar-refractivity contribution in [3.63, 3.8) is 0 Å². The number of sulfone groups is 1. The van der Waals surface area contributed by atoms with Crippen LogP contribution >= 0.6 is 39.1 Å². The molecule has 7 heteroatoms. The van der Waals surface area contributed by atoms with Crippen LogP contribution < -0.4 is 0 Å². The molecule has 3 nitrogen and oxygen atoms in total. The molecule has 1 N–H and O–H groups in total. The molecule has 0 aliphatic rings. The highest BCUT2D eigenvalue weighted by atomic mass is 79.9. The van der Waals surface area contributed by atoms with Crippen molar-refractivity contribution in [3.05, 3.63) is 34.9 Å². The first-order valence-electron chi connectivity index (χ1n) is 4.76. The predicted octanol–water partition coefficient (Wildman–Crippen LogP) is 3.10. The molecule has 0 heterocycles. The van der Waals surface area contributed by atoms with Gasteiger partial charge in [0.2, 0.25) is 3.12 Å². The van der Waals surface area contributed by atoms with E-state index in [1.165, 1.54) is 13.0 Å². The van der Waals surface area contributed by atoms with Gasteiger partial charge in [-0.05, 0) is 33.6 Å². The lowest BCUT2D eigenvalue weighted by Crippen LogP contribution is -2.34. The third-order valence-corrected chi connectivity index (χ3v) is 7.15. The Labute approximate surface area is 119 Å². The van der Waals surface area contributed by atoms with Gasteiger partial charge in [0.25, 0.3) is 0 Å². The summed E-state index contributed by atoms with van der Waals surface area (Å²) in [5, 5.41) is 10.4. The molecule has 0 aliphatic carbocycles. The second kappa shape index (κ2) is 5.45. The monoisotopic (exact) mass is 360 g/mol. The maximum atomic E-state index is 11.7. The molecule has 1 aromatic carbocycles. The van der Waals surface area contributed by atoms with Gasteiger partial charge in [-0.15, -0.1) is 0 Å². The van der Waals surface area contributed by atoms with Gasteiger partial charge in [0.1, 0.15) is 6.10 Å². The topological polar surface area (TPSA) is 54.4 Å². The molecule has 1 aromatic rings. The Morgan fingerprint density at radius 2 is 2.12 bits per heavy atom. The van der Waals surface area contributed by atoms with Gasteiger partial charge >= 0.3 is 0 Å². The number of benzene rings is 1. The minimum atomic E-state index is -3.67. The van der Waals surface area contributed by atoms with E-state index in [1.807, 2.05) is 0 Å².